The van der Waals surface area contributed by atoms with Crippen LogP contribution in [-0.4, -0.2) is 59.3 Å². The highest BCUT2D eigenvalue weighted by Gasteiger charge is 2.60. The second kappa shape index (κ2) is 16.8. The lowest BCUT2D eigenvalue weighted by Gasteiger charge is -2.60. The lowest BCUT2D eigenvalue weighted by Crippen LogP contribution is -2.54. The Morgan fingerprint density at radius 3 is 2.40 bits per heavy atom. The second-order valence-corrected chi connectivity index (χ2v) is 21.2. The number of aliphatic hydroxyl groups excluding tert-OH is 1. The normalized spacial score (nSPS) is 29.6. The van der Waals surface area contributed by atoms with Gasteiger partial charge in [0.1, 0.15) is 5.69 Å². The molecule has 4 fully saturated rings. The first-order valence-corrected chi connectivity index (χ1v) is 23.4. The lowest BCUT2D eigenvalue weighted by molar-refractivity contribution is -0.141. The van der Waals surface area contributed by atoms with Crippen LogP contribution in [0.4, 0.5) is 5.82 Å². The molecule has 11 heteroatoms. The highest BCUT2D eigenvalue weighted by atomic mass is 32.2. The number of nitrogens with two attached hydrogens (primary N) is 1. The molecule has 4 N–H and O–H groups in total. The van der Waals surface area contributed by atoms with Crippen LogP contribution >= 0.6 is 0 Å². The van der Waals surface area contributed by atoms with Gasteiger partial charge in [0.2, 0.25) is 0 Å². The quantitative estimate of drug-likeness (QED) is 0.105. The van der Waals surface area contributed by atoms with Gasteiger partial charge in [-0.3, -0.25) is 0 Å². The van der Waals surface area contributed by atoms with Crippen LogP contribution in [0.25, 0.3) is 34.0 Å². The number of sulfone groups is 1. The van der Waals surface area contributed by atoms with Crippen LogP contribution in [0.15, 0.2) is 70.2 Å². The summed E-state index contributed by atoms with van der Waals surface area (Å²) in [7, 11) is -3.37. The van der Waals surface area contributed by atoms with E-state index in [0.717, 1.165) is 81.0 Å². The van der Waals surface area contributed by atoms with Crippen molar-refractivity contribution in [2.24, 2.45) is 34.5 Å². The highest BCUT2D eigenvalue weighted by molar-refractivity contribution is 7.92. The SMILES string of the molecule is CC(C)S(=O)(=O)c1ccc(-c2cnc(N)c(-c3cc(-c4ccc(CNCCCCCO[C@H]5CC[C@H]6[C@@H]7CC[C@H]8CC(O)CC[C@]8(C)[C@H]7CC[C@]56C)cc4)no3)n2)cc1. The van der Waals surface area contributed by atoms with Crippen molar-refractivity contribution in [1.82, 2.24) is 20.4 Å². The molecule has 0 bridgehead atoms. The Bertz CT molecular complexity index is 2140. The van der Waals surface area contributed by atoms with Crippen LogP contribution in [0.2, 0.25) is 0 Å². The first kappa shape index (κ1) is 41.1. The summed E-state index contributed by atoms with van der Waals surface area (Å²) in [5.41, 5.74) is 11.4. The van der Waals surface area contributed by atoms with Gasteiger partial charge in [0.15, 0.2) is 27.1 Å². The first-order valence-electron chi connectivity index (χ1n) is 21.9. The van der Waals surface area contributed by atoms with Gasteiger partial charge in [-0.05, 0) is 150 Å². The van der Waals surface area contributed by atoms with E-state index in [4.69, 9.17) is 20.0 Å². The first-order chi connectivity index (χ1) is 27.9. The molecule has 4 saturated carbocycles. The summed E-state index contributed by atoms with van der Waals surface area (Å²) in [6, 6.07) is 16.7. The molecule has 4 aliphatic rings. The number of unbranched alkanes of at least 4 members (excludes halogenated alkanes) is 2. The van der Waals surface area contributed by atoms with Gasteiger partial charge in [-0.25, -0.2) is 18.4 Å². The minimum Gasteiger partial charge on any atom is -0.393 e. The Labute approximate surface area is 345 Å². The predicted molar refractivity (Wildman–Crippen MR) is 228 cm³/mol. The van der Waals surface area contributed by atoms with Crippen LogP contribution in [0, 0.1) is 34.5 Å². The smallest absolute Gasteiger partial charge is 0.189 e. The van der Waals surface area contributed by atoms with Crippen molar-refractivity contribution < 1.29 is 22.8 Å². The average Bonchev–Trinajstić information content (AvgIpc) is 3.84. The van der Waals surface area contributed by atoms with Crippen molar-refractivity contribution in [3.8, 4) is 34.0 Å². The third kappa shape index (κ3) is 8.00. The maximum absolute atomic E-state index is 12.6. The molecule has 58 heavy (non-hydrogen) atoms. The summed E-state index contributed by atoms with van der Waals surface area (Å²) in [5.74, 6) is 3.84. The molecule has 0 aliphatic heterocycles. The van der Waals surface area contributed by atoms with Gasteiger partial charge < -0.3 is 25.4 Å². The maximum atomic E-state index is 12.6. The fourth-order valence-electron chi connectivity index (χ4n) is 11.6. The van der Waals surface area contributed by atoms with Crippen molar-refractivity contribution in [3.63, 3.8) is 0 Å². The molecule has 1 unspecified atom stereocenters. The summed E-state index contributed by atoms with van der Waals surface area (Å²) in [6.07, 6.45) is 16.5. The number of nitrogens with one attached hydrogen (secondary N) is 1. The Hall–Kier alpha value is -3.64. The number of aliphatic hydroxyl groups is 1. The number of fused-ring (bicyclic) bond motifs is 5. The Balaban J connectivity index is 0.764. The van der Waals surface area contributed by atoms with Gasteiger partial charge in [0.25, 0.3) is 0 Å². The summed E-state index contributed by atoms with van der Waals surface area (Å²) < 4.78 is 37.5. The van der Waals surface area contributed by atoms with E-state index >= 15 is 0 Å². The molecule has 0 amide bonds. The van der Waals surface area contributed by atoms with Gasteiger partial charge in [0, 0.05) is 30.3 Å². The molecule has 2 aromatic carbocycles. The number of rotatable bonds is 14. The zero-order valence-electron chi connectivity index (χ0n) is 34.8. The third-order valence-electron chi connectivity index (χ3n) is 15.1. The fourth-order valence-corrected chi connectivity index (χ4v) is 12.6. The summed E-state index contributed by atoms with van der Waals surface area (Å²) in [4.78, 5) is 9.29. The second-order valence-electron chi connectivity index (χ2n) is 18.7. The fraction of sp³-hybridized carbons (Fsp3) is 0.596. The van der Waals surface area contributed by atoms with Gasteiger partial charge in [-0.1, -0.05) is 55.4 Å². The number of hydrogen-bond acceptors (Lipinski definition) is 10. The molecular weight excluding hydrogens is 747 g/mol. The Kier molecular flexibility index (Phi) is 11.9. The molecule has 312 valence electrons. The largest absolute Gasteiger partial charge is 0.393 e. The van der Waals surface area contributed by atoms with Gasteiger partial charge in [-0.2, -0.15) is 0 Å². The Morgan fingerprint density at radius 2 is 1.62 bits per heavy atom. The lowest BCUT2D eigenvalue weighted by atomic mass is 9.45. The molecule has 8 rings (SSSR count). The van der Waals surface area contributed by atoms with E-state index in [2.05, 4.69) is 41.4 Å². The monoisotopic (exact) mass is 809 g/mol. The topological polar surface area (TPSA) is 153 Å². The zero-order chi connectivity index (χ0) is 40.7. The van der Waals surface area contributed by atoms with Crippen LogP contribution < -0.4 is 11.1 Å². The predicted octanol–water partition coefficient (Wildman–Crippen LogP) is 9.28. The van der Waals surface area contributed by atoms with E-state index < -0.39 is 15.1 Å². The van der Waals surface area contributed by atoms with Crippen molar-refractivity contribution in [2.45, 2.75) is 134 Å². The number of hydrogen-bond donors (Lipinski definition) is 3. The summed E-state index contributed by atoms with van der Waals surface area (Å²) in [6.45, 7) is 11.1. The van der Waals surface area contributed by atoms with E-state index in [1.165, 1.54) is 50.5 Å². The van der Waals surface area contributed by atoms with Crippen LogP contribution in [0.3, 0.4) is 0 Å². The average molecular weight is 810 g/mol. The summed E-state index contributed by atoms with van der Waals surface area (Å²) >= 11 is 0. The van der Waals surface area contributed by atoms with Crippen LogP contribution in [-0.2, 0) is 21.1 Å². The van der Waals surface area contributed by atoms with Crippen molar-refractivity contribution in [3.05, 3.63) is 66.4 Å². The number of anilines is 1. The number of nitrogen functional groups attached to an aromatic ring is 1. The van der Waals surface area contributed by atoms with E-state index in [1.807, 2.05) is 18.2 Å². The minimum absolute atomic E-state index is 0.0692. The molecule has 2 aromatic heterocycles. The van der Waals surface area contributed by atoms with E-state index in [-0.39, 0.29) is 16.8 Å². The summed E-state index contributed by atoms with van der Waals surface area (Å²) in [5, 5.41) is 17.8. The molecule has 8 atom stereocenters. The van der Waals surface area contributed by atoms with Gasteiger partial charge >= 0.3 is 0 Å². The zero-order valence-corrected chi connectivity index (χ0v) is 35.6. The van der Waals surface area contributed by atoms with Crippen molar-refractivity contribution >= 4 is 15.7 Å². The highest BCUT2D eigenvalue weighted by Crippen LogP contribution is 2.66. The standard InChI is InChI=1S/C47H63N5O5S/c1-30(2)58(54,55)36-15-12-33(13-16-36)41-29-50-45(48)44(51-41)42-27-40(52-57-42)32-10-8-31(9-11-32)28-49-24-6-5-7-25-56-43-19-18-38-37-17-14-34-26-35(53)20-22-46(34,3)39(37)21-23-47(38,43)4/h8-13,15-16,27,29-30,34-35,37-39,43,49,53H,5-7,14,17-26,28H2,1-4H3,(H2,48,50)/t34-,35?,37-,38-,39-,43-,46-,47-/m0/s1. The number of aromatic nitrogens is 3. The molecule has 4 aliphatic carbocycles. The van der Waals surface area contributed by atoms with E-state index in [1.54, 1.807) is 44.3 Å². The van der Waals surface area contributed by atoms with Crippen LogP contribution in [0.5, 0.6) is 0 Å². The molecule has 10 nitrogen and oxygen atoms in total. The molecule has 2 heterocycles. The number of nitrogens with zero attached hydrogens (tertiary/aromatic N) is 3. The van der Waals surface area contributed by atoms with E-state index in [9.17, 15) is 13.5 Å². The molecule has 0 radical (unpaired) electrons. The van der Waals surface area contributed by atoms with Gasteiger partial charge in [-0.15, -0.1) is 0 Å². The van der Waals surface area contributed by atoms with E-state index in [0.29, 0.717) is 45.3 Å². The van der Waals surface area contributed by atoms with Crippen LogP contribution in [0.1, 0.15) is 110 Å². The van der Waals surface area contributed by atoms with Gasteiger partial charge in [0.05, 0.1) is 34.2 Å². The Morgan fingerprint density at radius 1 is 0.897 bits per heavy atom. The third-order valence-corrected chi connectivity index (χ3v) is 17.3. The molecular formula is C47H63N5O5S. The number of benzene rings is 2. The molecule has 0 spiro atoms. The van der Waals surface area contributed by atoms with Crippen molar-refractivity contribution in [2.75, 3.05) is 18.9 Å². The van der Waals surface area contributed by atoms with Crippen molar-refractivity contribution in [1.29, 1.82) is 0 Å². The molecule has 4 aromatic rings. The maximum Gasteiger partial charge on any atom is 0.189 e. The molecule has 0 saturated heterocycles. The number of ether oxygens (including phenoxy) is 1. The minimum atomic E-state index is -3.37.